The van der Waals surface area contributed by atoms with Crippen LogP contribution in [0.5, 0.6) is 0 Å². The number of carbonyl (C=O) groups excluding carboxylic acids is 4. The molecule has 0 bridgehead atoms. The highest BCUT2D eigenvalue weighted by Gasteiger charge is 2.22. The molecular weight excluding hydrogens is 823 g/mol. The molecule has 0 saturated carbocycles. The van der Waals surface area contributed by atoms with Crippen molar-refractivity contribution in [2.75, 3.05) is 24.7 Å². The second-order valence-electron chi connectivity index (χ2n) is 17.4. The summed E-state index contributed by atoms with van der Waals surface area (Å²) in [4.78, 5) is 72.3. The first-order valence-electron chi connectivity index (χ1n) is 25.2. The summed E-state index contributed by atoms with van der Waals surface area (Å²) in [6.45, 7) is 4.81. The minimum atomic E-state index is -1.28. The zero-order chi connectivity index (χ0) is 46.6. The van der Waals surface area contributed by atoms with E-state index in [9.17, 15) is 33.9 Å². The van der Waals surface area contributed by atoms with Gasteiger partial charge >= 0.3 is 23.9 Å². The Morgan fingerprint density at radius 2 is 0.968 bits per heavy atom. The van der Waals surface area contributed by atoms with Crippen molar-refractivity contribution in [3.8, 4) is 0 Å². The molecule has 0 spiro atoms. The number of nitrogens with one attached hydrogen (secondary N) is 2. The van der Waals surface area contributed by atoms with Gasteiger partial charge in [-0.25, -0.2) is 4.79 Å². The van der Waals surface area contributed by atoms with E-state index in [0.717, 1.165) is 38.5 Å². The molecular formula is C49H91N3O10S. The van der Waals surface area contributed by atoms with Crippen LogP contribution in [0.3, 0.4) is 0 Å². The number of carboxylic acids is 2. The van der Waals surface area contributed by atoms with Gasteiger partial charge in [-0.05, 0) is 32.1 Å². The highest BCUT2D eigenvalue weighted by atomic mass is 32.2. The third kappa shape index (κ3) is 41.6. The number of hydrogen-bond donors (Lipinski definition) is 5. The number of aliphatic carboxylic acids is 2. The first-order valence-corrected chi connectivity index (χ1v) is 26.4. The highest BCUT2D eigenvalue weighted by Crippen LogP contribution is 2.16. The summed E-state index contributed by atoms with van der Waals surface area (Å²) < 4.78 is 11.4. The second-order valence-corrected chi connectivity index (χ2v) is 18.5. The molecule has 3 atom stereocenters. The topological polar surface area (TPSA) is 211 Å². The minimum Gasteiger partial charge on any atom is -0.481 e. The van der Waals surface area contributed by atoms with E-state index in [2.05, 4.69) is 24.5 Å². The molecule has 0 rings (SSSR count). The van der Waals surface area contributed by atoms with Gasteiger partial charge in [0.2, 0.25) is 11.8 Å². The molecule has 0 radical (unpaired) electrons. The summed E-state index contributed by atoms with van der Waals surface area (Å²) in [6, 6.07) is -2.06. The maximum atomic E-state index is 12.8. The normalized spacial score (nSPS) is 12.6. The third-order valence-electron chi connectivity index (χ3n) is 11.3. The number of esters is 2. The highest BCUT2D eigenvalue weighted by molar-refractivity contribution is 7.99. The van der Waals surface area contributed by atoms with Crippen LogP contribution in [0.15, 0.2) is 0 Å². The molecule has 0 unspecified atom stereocenters. The van der Waals surface area contributed by atoms with Crippen LogP contribution in [-0.4, -0.2) is 88.7 Å². The van der Waals surface area contributed by atoms with Gasteiger partial charge in [0.1, 0.15) is 18.8 Å². The Morgan fingerprint density at radius 1 is 0.540 bits per heavy atom. The van der Waals surface area contributed by atoms with Crippen molar-refractivity contribution in [2.45, 2.75) is 250 Å². The van der Waals surface area contributed by atoms with Gasteiger partial charge in [-0.2, -0.15) is 11.8 Å². The fourth-order valence-corrected chi connectivity index (χ4v) is 8.29. The van der Waals surface area contributed by atoms with Gasteiger partial charge in [0.15, 0.2) is 0 Å². The molecule has 13 nitrogen and oxygen atoms in total. The van der Waals surface area contributed by atoms with E-state index in [0.29, 0.717) is 44.4 Å². The Hall–Kier alpha value is -2.87. The fourth-order valence-electron chi connectivity index (χ4n) is 7.32. The number of amides is 2. The van der Waals surface area contributed by atoms with Crippen molar-refractivity contribution >= 4 is 47.5 Å². The fraction of sp³-hybridized carbons (Fsp3) is 0.878. The van der Waals surface area contributed by atoms with Crippen LogP contribution in [0.2, 0.25) is 0 Å². The average molecular weight is 914 g/mol. The predicted molar refractivity (Wildman–Crippen MR) is 255 cm³/mol. The molecule has 368 valence electrons. The summed E-state index contributed by atoms with van der Waals surface area (Å²) >= 11 is 1.37. The Bertz CT molecular complexity index is 1180. The standard InChI is InChI=1S/C49H91N3O10S/c1-3-5-7-9-11-13-15-17-19-21-23-25-29-33-46(56)61-38-41(62-47(57)34-30-26-24-22-20-18-16-14-12-10-8-6-4-2)39-63-40-42(50)48(58)51-37-31-27-28-32-44(53)52-43(49(59)60)35-36-45(54)55/h41-43H,3-40,50H2,1-2H3,(H,51,58)(H,52,53)(H,54,55)(H,59,60)/t41-,42+,43+/m1/s1. The molecule has 63 heavy (non-hydrogen) atoms. The molecule has 14 heteroatoms. The van der Waals surface area contributed by atoms with Crippen molar-refractivity contribution < 1.29 is 48.5 Å². The molecule has 0 aromatic heterocycles. The Morgan fingerprint density at radius 3 is 1.43 bits per heavy atom. The Labute approximate surface area is 386 Å². The molecule has 0 aliphatic rings. The van der Waals surface area contributed by atoms with Gasteiger partial charge in [-0.1, -0.05) is 174 Å². The Kier molecular flexibility index (Phi) is 42.3. The van der Waals surface area contributed by atoms with Crippen molar-refractivity contribution in [3.63, 3.8) is 0 Å². The number of unbranched alkanes of at least 4 members (excludes halogenated alkanes) is 26. The van der Waals surface area contributed by atoms with E-state index in [1.165, 1.54) is 140 Å². The SMILES string of the molecule is CCCCCCCCCCCCCCCC(=O)OC[C@H](CSC[C@H](N)C(=O)NCCCCCC(=O)N[C@@H](CCC(=O)O)C(=O)O)OC(=O)CCCCCCCCCCCCCCC. The average Bonchev–Trinajstić information content (AvgIpc) is 3.25. The van der Waals surface area contributed by atoms with Crippen molar-refractivity contribution in [1.82, 2.24) is 10.6 Å². The lowest BCUT2D eigenvalue weighted by Gasteiger charge is -2.19. The first-order chi connectivity index (χ1) is 30.5. The van der Waals surface area contributed by atoms with Gasteiger partial charge in [-0.15, -0.1) is 0 Å². The van der Waals surface area contributed by atoms with E-state index in [1.54, 1.807) is 0 Å². The largest absolute Gasteiger partial charge is 0.481 e. The molecule has 0 heterocycles. The van der Waals surface area contributed by atoms with Gasteiger partial charge in [-0.3, -0.25) is 24.0 Å². The lowest BCUT2D eigenvalue weighted by atomic mass is 10.0. The lowest BCUT2D eigenvalue weighted by Crippen LogP contribution is -2.43. The van der Waals surface area contributed by atoms with Crippen LogP contribution >= 0.6 is 11.8 Å². The first kappa shape index (κ1) is 60.1. The minimum absolute atomic E-state index is 0.0343. The van der Waals surface area contributed by atoms with Crippen molar-refractivity contribution in [1.29, 1.82) is 0 Å². The van der Waals surface area contributed by atoms with Crippen LogP contribution in [0, 0.1) is 0 Å². The number of rotatable bonds is 47. The molecule has 6 N–H and O–H groups in total. The van der Waals surface area contributed by atoms with Gasteiger partial charge in [0.25, 0.3) is 0 Å². The van der Waals surface area contributed by atoms with E-state index in [-0.39, 0.29) is 49.5 Å². The Balaban J connectivity index is 4.57. The number of carboxylic acid groups (broad SMARTS) is 2. The van der Waals surface area contributed by atoms with Gasteiger partial charge in [0.05, 0.1) is 6.04 Å². The van der Waals surface area contributed by atoms with Crippen molar-refractivity contribution in [3.05, 3.63) is 0 Å². The van der Waals surface area contributed by atoms with E-state index >= 15 is 0 Å². The molecule has 0 saturated heterocycles. The lowest BCUT2D eigenvalue weighted by molar-refractivity contribution is -0.157. The number of carbonyl (C=O) groups is 6. The van der Waals surface area contributed by atoms with E-state index in [1.807, 2.05) is 0 Å². The van der Waals surface area contributed by atoms with Crippen LogP contribution < -0.4 is 16.4 Å². The van der Waals surface area contributed by atoms with E-state index in [4.69, 9.17) is 20.3 Å². The second kappa shape index (κ2) is 44.3. The molecule has 0 aliphatic heterocycles. The molecule has 0 aromatic carbocycles. The quantitative estimate of drug-likeness (QED) is 0.0285. The van der Waals surface area contributed by atoms with Crippen molar-refractivity contribution in [2.24, 2.45) is 5.73 Å². The summed E-state index contributed by atoms with van der Waals surface area (Å²) in [5.41, 5.74) is 6.16. The smallest absolute Gasteiger partial charge is 0.326 e. The third-order valence-corrected chi connectivity index (χ3v) is 12.5. The number of nitrogens with two attached hydrogens (primary N) is 1. The monoisotopic (exact) mass is 914 g/mol. The maximum Gasteiger partial charge on any atom is 0.326 e. The molecule has 2 amide bonds. The predicted octanol–water partition coefficient (Wildman–Crippen LogP) is 10.6. The van der Waals surface area contributed by atoms with Crippen LogP contribution in [0.1, 0.15) is 232 Å². The molecule has 0 aliphatic carbocycles. The van der Waals surface area contributed by atoms with Crippen LogP contribution in [0.4, 0.5) is 0 Å². The van der Waals surface area contributed by atoms with Crippen LogP contribution in [0.25, 0.3) is 0 Å². The van der Waals surface area contributed by atoms with Crippen LogP contribution in [-0.2, 0) is 38.2 Å². The summed E-state index contributed by atoms with van der Waals surface area (Å²) in [5, 5.41) is 23.1. The van der Waals surface area contributed by atoms with E-state index < -0.39 is 36.0 Å². The zero-order valence-electron chi connectivity index (χ0n) is 39.7. The summed E-state index contributed by atoms with van der Waals surface area (Å²) in [6.07, 6.45) is 33.0. The number of thioether (sulfide) groups is 1. The zero-order valence-corrected chi connectivity index (χ0v) is 40.6. The number of ether oxygens (including phenoxy) is 2. The van der Waals surface area contributed by atoms with Gasteiger partial charge in [0, 0.05) is 43.7 Å². The van der Waals surface area contributed by atoms with Gasteiger partial charge < -0.3 is 36.1 Å². The maximum absolute atomic E-state index is 12.8. The molecule has 0 aromatic rings. The molecule has 0 fully saturated rings. The summed E-state index contributed by atoms with van der Waals surface area (Å²) in [5.74, 6) is -3.21. The number of hydrogen-bond acceptors (Lipinski definition) is 10. The summed E-state index contributed by atoms with van der Waals surface area (Å²) in [7, 11) is 0.